The van der Waals surface area contributed by atoms with Crippen LogP contribution in [0, 0.1) is 22.7 Å². The van der Waals surface area contributed by atoms with E-state index in [1.54, 1.807) is 24.3 Å². The number of anilines is 2. The van der Waals surface area contributed by atoms with Crippen LogP contribution in [-0.2, 0) is 0 Å². The topological polar surface area (TPSA) is 149 Å². The number of hydrogen-bond donors (Lipinski definition) is 4. The first-order valence-electron chi connectivity index (χ1n) is 7.68. The number of ether oxygens (including phenoxy) is 1. The Bertz CT molecular complexity index is 936. The fraction of sp³-hybridized carbons (Fsp3) is 0. The number of nitrogens with zero attached hydrogens (tertiary/aromatic N) is 2. The Morgan fingerprint density at radius 3 is 1.37 bits per heavy atom. The predicted octanol–water partition coefficient (Wildman–Crippen LogP) is 3.48. The van der Waals surface area contributed by atoms with Crippen LogP contribution in [0.2, 0.25) is 0 Å². The van der Waals surface area contributed by atoms with E-state index in [-0.39, 0.29) is 11.5 Å². The van der Waals surface area contributed by atoms with E-state index < -0.39 is 0 Å². The summed E-state index contributed by atoms with van der Waals surface area (Å²) in [4.78, 5) is 0. The molecule has 0 fully saturated rings. The van der Waals surface area contributed by atoms with Gasteiger partial charge >= 0.3 is 0 Å². The van der Waals surface area contributed by atoms with E-state index in [2.05, 4.69) is 0 Å². The highest BCUT2D eigenvalue weighted by Crippen LogP contribution is 2.27. The minimum atomic E-state index is 0.169. The number of aromatic hydroxyl groups is 2. The molecular formula is C20H16N4O3. The van der Waals surface area contributed by atoms with Gasteiger partial charge in [-0.2, -0.15) is 10.5 Å². The number of benzene rings is 3. The third-order valence-electron chi connectivity index (χ3n) is 3.38. The van der Waals surface area contributed by atoms with Crippen molar-refractivity contribution in [3.8, 4) is 35.1 Å². The summed E-state index contributed by atoms with van der Waals surface area (Å²) < 4.78 is 5.56. The van der Waals surface area contributed by atoms with Crippen molar-refractivity contribution in [2.45, 2.75) is 0 Å². The van der Waals surface area contributed by atoms with Gasteiger partial charge in [-0.05, 0) is 48.5 Å². The highest BCUT2D eigenvalue weighted by Gasteiger charge is 2.05. The standard InChI is InChI=1S/C14H10N4O.C6H6O2/c15-7-9-5-11(1-3-13(9)17)19-12-2-4-14(18)10(6-12)8-16;7-5-1-2-6(8)4-3-5/h1-6H,17-18H2;1-4,7-8H. The zero-order chi connectivity index (χ0) is 19.8. The van der Waals surface area contributed by atoms with E-state index in [4.69, 9.17) is 36.9 Å². The fourth-order valence-electron chi connectivity index (χ4n) is 1.98. The first-order valence-corrected chi connectivity index (χ1v) is 7.68. The lowest BCUT2D eigenvalue weighted by molar-refractivity contribution is 0.460. The molecule has 27 heavy (non-hydrogen) atoms. The maximum absolute atomic E-state index is 8.88. The number of rotatable bonds is 2. The van der Waals surface area contributed by atoms with E-state index in [0.29, 0.717) is 34.0 Å². The maximum atomic E-state index is 8.88. The predicted molar refractivity (Wildman–Crippen MR) is 101 cm³/mol. The molecule has 0 saturated heterocycles. The molecule has 0 spiro atoms. The quantitative estimate of drug-likeness (QED) is 0.403. The van der Waals surface area contributed by atoms with Gasteiger partial charge in [-0.1, -0.05) is 0 Å². The number of nitrogen functional groups attached to an aromatic ring is 2. The lowest BCUT2D eigenvalue weighted by atomic mass is 10.2. The van der Waals surface area contributed by atoms with Crippen LogP contribution in [0.1, 0.15) is 11.1 Å². The highest BCUT2D eigenvalue weighted by atomic mass is 16.5. The first kappa shape index (κ1) is 19.0. The largest absolute Gasteiger partial charge is 0.508 e. The van der Waals surface area contributed by atoms with E-state index in [0.717, 1.165) is 0 Å². The Hall–Kier alpha value is -4.36. The van der Waals surface area contributed by atoms with E-state index >= 15 is 0 Å². The van der Waals surface area contributed by atoms with Crippen LogP contribution in [0.3, 0.4) is 0 Å². The molecule has 0 amide bonds. The number of nitrogens with two attached hydrogens (primary N) is 2. The number of hydrogen-bond acceptors (Lipinski definition) is 7. The number of phenols is 2. The van der Waals surface area contributed by atoms with Gasteiger partial charge in [0.2, 0.25) is 0 Å². The summed E-state index contributed by atoms with van der Waals surface area (Å²) in [6, 6.07) is 19.2. The zero-order valence-corrected chi connectivity index (χ0v) is 14.1. The normalized spacial score (nSPS) is 9.26. The summed E-state index contributed by atoms with van der Waals surface area (Å²) in [6.07, 6.45) is 0. The smallest absolute Gasteiger partial charge is 0.128 e. The molecule has 134 valence electrons. The summed E-state index contributed by atoms with van der Waals surface area (Å²) in [5.41, 5.74) is 12.7. The molecule has 0 heterocycles. The molecule has 0 saturated carbocycles. The van der Waals surface area contributed by atoms with E-state index in [9.17, 15) is 0 Å². The molecule has 0 radical (unpaired) electrons. The van der Waals surface area contributed by atoms with Crippen LogP contribution >= 0.6 is 0 Å². The molecule has 0 aliphatic rings. The van der Waals surface area contributed by atoms with Crippen molar-refractivity contribution in [3.05, 3.63) is 71.8 Å². The molecule has 0 atom stereocenters. The SMILES string of the molecule is N#Cc1cc(Oc2ccc(N)c(C#N)c2)ccc1N.Oc1ccc(O)cc1. The van der Waals surface area contributed by atoms with Crippen LogP contribution < -0.4 is 16.2 Å². The van der Waals surface area contributed by atoms with Gasteiger partial charge in [-0.25, -0.2) is 0 Å². The molecule has 0 aromatic heterocycles. The molecule has 3 aromatic carbocycles. The molecule has 0 aliphatic heterocycles. The van der Waals surface area contributed by atoms with Gasteiger partial charge in [-0.3, -0.25) is 0 Å². The van der Waals surface area contributed by atoms with Gasteiger partial charge < -0.3 is 26.4 Å². The Morgan fingerprint density at radius 1 is 0.667 bits per heavy atom. The summed E-state index contributed by atoms with van der Waals surface area (Å²) in [5.74, 6) is 1.28. The van der Waals surface area contributed by atoms with Crippen LogP contribution in [0.15, 0.2) is 60.7 Å². The Morgan fingerprint density at radius 2 is 1.04 bits per heavy atom. The van der Waals surface area contributed by atoms with Crippen LogP contribution in [0.4, 0.5) is 11.4 Å². The number of phenolic OH excluding ortho intramolecular Hbond substituents is 2. The molecule has 7 nitrogen and oxygen atoms in total. The van der Waals surface area contributed by atoms with Gasteiger partial charge in [0.25, 0.3) is 0 Å². The second-order valence-corrected chi connectivity index (χ2v) is 5.34. The highest BCUT2D eigenvalue weighted by molar-refractivity contribution is 5.59. The molecule has 3 aromatic rings. The molecule has 3 rings (SSSR count). The van der Waals surface area contributed by atoms with Crippen LogP contribution in [-0.4, -0.2) is 10.2 Å². The molecule has 0 bridgehead atoms. The van der Waals surface area contributed by atoms with Crippen molar-refractivity contribution in [1.82, 2.24) is 0 Å². The second-order valence-electron chi connectivity index (χ2n) is 5.34. The van der Waals surface area contributed by atoms with E-state index in [1.165, 1.54) is 36.4 Å². The molecule has 7 heteroatoms. The molecule has 0 aliphatic carbocycles. The van der Waals surface area contributed by atoms with Crippen molar-refractivity contribution in [1.29, 1.82) is 10.5 Å². The van der Waals surface area contributed by atoms with Gasteiger partial charge in [0.15, 0.2) is 0 Å². The van der Waals surface area contributed by atoms with Crippen molar-refractivity contribution < 1.29 is 14.9 Å². The van der Waals surface area contributed by atoms with Gasteiger partial charge in [0.1, 0.15) is 35.1 Å². The monoisotopic (exact) mass is 360 g/mol. The lowest BCUT2D eigenvalue weighted by Crippen LogP contribution is -1.93. The van der Waals surface area contributed by atoms with E-state index in [1.807, 2.05) is 12.1 Å². The lowest BCUT2D eigenvalue weighted by Gasteiger charge is -2.08. The van der Waals surface area contributed by atoms with Gasteiger partial charge in [0, 0.05) is 23.5 Å². The zero-order valence-electron chi connectivity index (χ0n) is 14.1. The minimum Gasteiger partial charge on any atom is -0.508 e. The molecular weight excluding hydrogens is 344 g/mol. The summed E-state index contributed by atoms with van der Waals surface area (Å²) in [5, 5.41) is 35.1. The average molecular weight is 360 g/mol. The summed E-state index contributed by atoms with van der Waals surface area (Å²) >= 11 is 0. The van der Waals surface area contributed by atoms with Gasteiger partial charge in [-0.15, -0.1) is 0 Å². The van der Waals surface area contributed by atoms with Crippen LogP contribution in [0.5, 0.6) is 23.0 Å². The molecule has 6 N–H and O–H groups in total. The van der Waals surface area contributed by atoms with Crippen molar-refractivity contribution in [2.24, 2.45) is 0 Å². The van der Waals surface area contributed by atoms with Gasteiger partial charge in [0.05, 0.1) is 11.1 Å². The minimum absolute atomic E-state index is 0.169. The third kappa shape index (κ3) is 5.31. The maximum Gasteiger partial charge on any atom is 0.128 e. The Balaban J connectivity index is 0.000000273. The van der Waals surface area contributed by atoms with Crippen molar-refractivity contribution >= 4 is 11.4 Å². The van der Waals surface area contributed by atoms with Crippen molar-refractivity contribution in [3.63, 3.8) is 0 Å². The van der Waals surface area contributed by atoms with Crippen LogP contribution in [0.25, 0.3) is 0 Å². The average Bonchev–Trinajstić information content (AvgIpc) is 2.67. The molecule has 0 unspecified atom stereocenters. The van der Waals surface area contributed by atoms with Crippen molar-refractivity contribution in [2.75, 3.05) is 11.5 Å². The second kappa shape index (κ2) is 8.65. The summed E-state index contributed by atoms with van der Waals surface area (Å²) in [6.45, 7) is 0. The number of nitriles is 2. The summed E-state index contributed by atoms with van der Waals surface area (Å²) in [7, 11) is 0. The Labute approximate surface area is 155 Å². The fourth-order valence-corrected chi connectivity index (χ4v) is 1.98. The third-order valence-corrected chi connectivity index (χ3v) is 3.38. The Kier molecular flexibility index (Phi) is 6.08. The first-order chi connectivity index (χ1) is 12.9.